The van der Waals surface area contributed by atoms with Gasteiger partial charge in [0.15, 0.2) is 0 Å². The fraction of sp³-hybridized carbons (Fsp3) is 0.800. The quantitative estimate of drug-likeness (QED) is 0.654. The Morgan fingerprint density at radius 3 is 2.12 bits per heavy atom. The Bertz CT molecular complexity index is 93.1. The van der Waals surface area contributed by atoms with Crippen molar-refractivity contribution in [3.05, 3.63) is 0 Å². The zero-order valence-electron chi connectivity index (χ0n) is 5.51. The van der Waals surface area contributed by atoms with Gasteiger partial charge in [0.05, 0.1) is 0 Å². The Hall–Kier alpha value is 0.0284. The molecule has 0 rings (SSSR count). The van der Waals surface area contributed by atoms with E-state index >= 15 is 0 Å². The topological polar surface area (TPSA) is 37.3 Å². The molecule has 0 aliphatic carbocycles. The SMILES string of the molecule is C[As+](C)([14CH3])CC(=O)O. The molecule has 0 spiro atoms. The van der Waals surface area contributed by atoms with Gasteiger partial charge in [0, 0.05) is 0 Å². The van der Waals surface area contributed by atoms with Crippen LogP contribution in [0.5, 0.6) is 0 Å². The van der Waals surface area contributed by atoms with Gasteiger partial charge in [-0.2, -0.15) is 0 Å². The monoisotopic (exact) mass is 181 g/mol. The van der Waals surface area contributed by atoms with Crippen molar-refractivity contribution in [3.8, 4) is 0 Å². The summed E-state index contributed by atoms with van der Waals surface area (Å²) in [6.07, 6.45) is 0. The molecule has 0 aliphatic rings. The first-order chi connectivity index (χ1) is 3.42. The summed E-state index contributed by atoms with van der Waals surface area (Å²) in [5, 5.41) is 8.71. The van der Waals surface area contributed by atoms with Gasteiger partial charge in [-0.05, 0) is 0 Å². The number of hydrogen-bond acceptors (Lipinski definition) is 1. The van der Waals surface area contributed by atoms with E-state index in [-0.39, 0.29) is 0 Å². The molecule has 0 bridgehead atoms. The molecule has 0 saturated carbocycles. The number of hydrogen-bond donors (Lipinski definition) is 1. The second kappa shape index (κ2) is 2.54. The average Bonchev–Trinajstić information content (AvgIpc) is 1.21. The van der Waals surface area contributed by atoms with Crippen LogP contribution in [0, 0.1) is 0 Å². The van der Waals surface area contributed by atoms with E-state index in [1.165, 1.54) is 0 Å². The zero-order chi connectivity index (χ0) is 6.78. The Balaban J connectivity index is 3.55. The molecule has 0 aromatic heterocycles. The van der Waals surface area contributed by atoms with Crippen molar-refractivity contribution in [2.24, 2.45) is 0 Å². The molecular weight excluding hydrogens is 169 g/mol. The minimum atomic E-state index is -1.61. The Kier molecular flexibility index (Phi) is 2.55. The molecule has 0 fully saturated rings. The van der Waals surface area contributed by atoms with E-state index in [1.54, 1.807) is 0 Å². The molecule has 8 heavy (non-hydrogen) atoms. The third-order valence-corrected chi connectivity index (χ3v) is 3.17. The van der Waals surface area contributed by atoms with E-state index in [1.807, 2.05) is 0 Å². The minimum absolute atomic E-state index is 0.415. The van der Waals surface area contributed by atoms with Crippen LogP contribution in [0.1, 0.15) is 0 Å². The van der Waals surface area contributed by atoms with Gasteiger partial charge in [-0.15, -0.1) is 0 Å². The van der Waals surface area contributed by atoms with Gasteiger partial charge in [-0.3, -0.25) is 0 Å². The molecule has 0 radical (unpaired) electrons. The molecule has 1 N–H and O–H groups in total. The van der Waals surface area contributed by atoms with Crippen molar-refractivity contribution in [1.29, 1.82) is 0 Å². The van der Waals surface area contributed by atoms with E-state index in [4.69, 9.17) is 5.11 Å². The normalized spacial score (nSPS) is 11.4. The van der Waals surface area contributed by atoms with Gasteiger partial charge in [-0.1, -0.05) is 0 Å². The van der Waals surface area contributed by atoms with Gasteiger partial charge in [0.1, 0.15) is 0 Å². The van der Waals surface area contributed by atoms with Crippen LogP contribution in [0.2, 0.25) is 22.3 Å². The first-order valence-electron chi connectivity index (χ1n) is 2.44. The van der Waals surface area contributed by atoms with Gasteiger partial charge in [0.2, 0.25) is 0 Å². The van der Waals surface area contributed by atoms with E-state index in [0.717, 1.165) is 0 Å². The Labute approximate surface area is 52.3 Å². The standard InChI is InChI=1S/C5H11AsO2/c1-6(2,3)4-5(7)8/h4H2,1-3H3/p+1/i1+2. The molecule has 48 valence electrons. The molecule has 0 amide bonds. The zero-order valence-corrected chi connectivity index (χ0v) is 7.39. The summed E-state index contributed by atoms with van der Waals surface area (Å²) in [6.45, 7) is 0. The number of carboxylic acid groups (broad SMARTS) is 1. The molecule has 0 aromatic rings. The Morgan fingerprint density at radius 1 is 1.75 bits per heavy atom. The maximum atomic E-state index is 10.1. The first-order valence-corrected chi connectivity index (χ1v) is 9.40. The Morgan fingerprint density at radius 2 is 2.12 bits per heavy atom. The van der Waals surface area contributed by atoms with Crippen LogP contribution >= 0.6 is 0 Å². The predicted octanol–water partition coefficient (Wildman–Crippen LogP) is 1.41. The van der Waals surface area contributed by atoms with Crippen molar-refractivity contribution in [2.75, 3.05) is 0 Å². The molecule has 0 aromatic carbocycles. The molecule has 0 aliphatic heterocycles. The summed E-state index contributed by atoms with van der Waals surface area (Å²) in [5.41, 5.74) is 6.23. The molecule has 3 heteroatoms. The van der Waals surface area contributed by atoms with Crippen LogP contribution in [-0.4, -0.2) is 24.6 Å². The first kappa shape index (κ1) is 8.03. The second-order valence-electron chi connectivity index (χ2n) is 2.84. The molecule has 2 nitrogen and oxygen atoms in total. The summed E-state index contributed by atoms with van der Waals surface area (Å²) in [7, 11) is 0. The fourth-order valence-corrected chi connectivity index (χ4v) is 2.11. The van der Waals surface area contributed by atoms with Crippen LogP contribution in [0.25, 0.3) is 0 Å². The third kappa shape index (κ3) is 6.03. The number of carboxylic acids is 1. The van der Waals surface area contributed by atoms with Gasteiger partial charge in [-0.25, -0.2) is 0 Å². The van der Waals surface area contributed by atoms with Gasteiger partial charge >= 0.3 is 51.8 Å². The summed E-state index contributed by atoms with van der Waals surface area (Å²) in [4.78, 5) is 10.1. The summed E-state index contributed by atoms with van der Waals surface area (Å²) < 4.78 is 0. The second-order valence-corrected chi connectivity index (χ2v) is 13.1. The van der Waals surface area contributed by atoms with Crippen molar-refractivity contribution in [3.63, 3.8) is 0 Å². The average molecular weight is 181 g/mol. The van der Waals surface area contributed by atoms with Gasteiger partial charge < -0.3 is 0 Å². The number of rotatable bonds is 2. The van der Waals surface area contributed by atoms with E-state index in [2.05, 4.69) is 17.1 Å². The van der Waals surface area contributed by atoms with Crippen molar-refractivity contribution in [2.45, 2.75) is 22.3 Å². The third-order valence-electron chi connectivity index (χ3n) is 0.610. The van der Waals surface area contributed by atoms with E-state index in [0.29, 0.717) is 5.21 Å². The maximum absolute atomic E-state index is 10.1. The van der Waals surface area contributed by atoms with Crippen molar-refractivity contribution >= 4 is 19.5 Å². The molecule has 0 atom stereocenters. The fourth-order valence-electron chi connectivity index (χ4n) is 0.406. The van der Waals surface area contributed by atoms with Gasteiger partial charge in [0.25, 0.3) is 0 Å². The van der Waals surface area contributed by atoms with Crippen LogP contribution in [0.3, 0.4) is 0 Å². The van der Waals surface area contributed by atoms with E-state index < -0.39 is 19.5 Å². The number of aliphatic carboxylic acids is 1. The molecule has 0 unspecified atom stereocenters. The number of carbonyl (C=O) groups is 1. The van der Waals surface area contributed by atoms with Crippen LogP contribution in [0.15, 0.2) is 0 Å². The van der Waals surface area contributed by atoms with E-state index in [9.17, 15) is 4.79 Å². The molecule has 0 saturated heterocycles. The summed E-state index contributed by atoms with van der Waals surface area (Å²) in [6, 6.07) is 0. The predicted molar refractivity (Wildman–Crippen MR) is 35.8 cm³/mol. The van der Waals surface area contributed by atoms with Crippen molar-refractivity contribution in [1.82, 2.24) is 0 Å². The van der Waals surface area contributed by atoms with Crippen LogP contribution < -0.4 is 0 Å². The summed E-state index contributed by atoms with van der Waals surface area (Å²) in [5.74, 6) is -0.648. The van der Waals surface area contributed by atoms with Crippen LogP contribution in [-0.2, 0) is 4.79 Å². The van der Waals surface area contributed by atoms with Crippen molar-refractivity contribution < 1.29 is 9.90 Å². The van der Waals surface area contributed by atoms with Crippen LogP contribution in [0.4, 0.5) is 0 Å². The molecular formula is C5H12AsO2+. The summed E-state index contributed by atoms with van der Waals surface area (Å²) >= 11 is -1.61. The molecule has 0 heterocycles.